The number of rotatable bonds is 6. The fourth-order valence-electron chi connectivity index (χ4n) is 2.00. The van der Waals surface area contributed by atoms with Crippen LogP contribution >= 0.6 is 11.3 Å². The van der Waals surface area contributed by atoms with Gasteiger partial charge in [0.25, 0.3) is 0 Å². The first-order valence-electron chi connectivity index (χ1n) is 6.88. The summed E-state index contributed by atoms with van der Waals surface area (Å²) in [5, 5.41) is 4.99. The normalized spacial score (nSPS) is 17.8. The third-order valence-corrected chi connectivity index (χ3v) is 5.75. The van der Waals surface area contributed by atoms with E-state index in [4.69, 9.17) is 4.74 Å². The summed E-state index contributed by atoms with van der Waals surface area (Å²) in [5.74, 6) is 0. The number of thiophene rings is 1. The van der Waals surface area contributed by atoms with E-state index in [9.17, 15) is 8.42 Å². The molecule has 0 atom stereocenters. The van der Waals surface area contributed by atoms with E-state index in [-0.39, 0.29) is 6.04 Å². The summed E-state index contributed by atoms with van der Waals surface area (Å²) in [4.78, 5) is 1.40. The molecule has 20 heavy (non-hydrogen) atoms. The molecule has 0 radical (unpaired) electrons. The lowest BCUT2D eigenvalue weighted by Gasteiger charge is -2.22. The molecule has 1 aliphatic rings. The highest BCUT2D eigenvalue weighted by Crippen LogP contribution is 2.20. The molecule has 0 spiro atoms. The van der Waals surface area contributed by atoms with Crippen LogP contribution in [0.4, 0.5) is 0 Å². The highest BCUT2D eigenvalue weighted by molar-refractivity contribution is 7.89. The van der Waals surface area contributed by atoms with Crippen molar-refractivity contribution in [3.05, 3.63) is 16.3 Å². The fourth-order valence-corrected chi connectivity index (χ4v) is 4.53. The average molecular weight is 318 g/mol. The van der Waals surface area contributed by atoms with Crippen molar-refractivity contribution in [3.63, 3.8) is 0 Å². The maximum Gasteiger partial charge on any atom is 0.241 e. The minimum Gasteiger partial charge on any atom is -0.381 e. The van der Waals surface area contributed by atoms with Gasteiger partial charge >= 0.3 is 0 Å². The number of hydrogen-bond acceptors (Lipinski definition) is 5. The zero-order valence-electron chi connectivity index (χ0n) is 11.9. The molecule has 0 aromatic carbocycles. The molecular weight excluding hydrogens is 296 g/mol. The number of hydrogen-bond donors (Lipinski definition) is 2. The Morgan fingerprint density at radius 1 is 1.40 bits per heavy atom. The molecule has 0 bridgehead atoms. The third-order valence-electron chi connectivity index (χ3n) is 3.17. The molecule has 1 saturated heterocycles. The summed E-state index contributed by atoms with van der Waals surface area (Å²) in [6.45, 7) is 6.09. The van der Waals surface area contributed by atoms with Crippen LogP contribution in [0.2, 0.25) is 0 Å². The fraction of sp³-hybridized carbons (Fsp3) is 0.692. The summed E-state index contributed by atoms with van der Waals surface area (Å²) >= 11 is 1.47. The summed E-state index contributed by atoms with van der Waals surface area (Å²) in [6, 6.07) is 2.13. The van der Waals surface area contributed by atoms with E-state index < -0.39 is 10.0 Å². The molecule has 0 amide bonds. The maximum atomic E-state index is 12.3. The Kier molecular flexibility index (Phi) is 5.57. The number of nitrogens with one attached hydrogen (secondary N) is 2. The molecule has 0 saturated carbocycles. The van der Waals surface area contributed by atoms with Crippen LogP contribution in [0, 0.1) is 0 Å². The van der Waals surface area contributed by atoms with Crippen molar-refractivity contribution in [1.29, 1.82) is 0 Å². The van der Waals surface area contributed by atoms with Gasteiger partial charge in [-0.25, -0.2) is 13.1 Å². The van der Waals surface area contributed by atoms with Crippen molar-refractivity contribution in [1.82, 2.24) is 10.0 Å². The van der Waals surface area contributed by atoms with Gasteiger partial charge in [-0.2, -0.15) is 0 Å². The Morgan fingerprint density at radius 2 is 2.10 bits per heavy atom. The molecular formula is C13H22N2O3S2. The van der Waals surface area contributed by atoms with E-state index in [0.717, 1.165) is 17.7 Å². The predicted molar refractivity (Wildman–Crippen MR) is 80.5 cm³/mol. The van der Waals surface area contributed by atoms with E-state index in [1.165, 1.54) is 11.3 Å². The van der Waals surface area contributed by atoms with Crippen molar-refractivity contribution in [3.8, 4) is 0 Å². The van der Waals surface area contributed by atoms with Crippen LogP contribution in [0.25, 0.3) is 0 Å². The largest absolute Gasteiger partial charge is 0.381 e. The molecule has 0 unspecified atom stereocenters. The van der Waals surface area contributed by atoms with E-state index in [1.54, 1.807) is 11.4 Å². The summed E-state index contributed by atoms with van der Waals surface area (Å²) in [7, 11) is -3.40. The van der Waals surface area contributed by atoms with Crippen molar-refractivity contribution in [2.75, 3.05) is 13.2 Å². The van der Waals surface area contributed by atoms with Gasteiger partial charge in [0, 0.05) is 42.1 Å². The second-order valence-corrected chi connectivity index (χ2v) is 8.00. The van der Waals surface area contributed by atoms with Gasteiger partial charge in [-0.05, 0) is 18.9 Å². The van der Waals surface area contributed by atoms with Crippen molar-refractivity contribution >= 4 is 21.4 Å². The van der Waals surface area contributed by atoms with Crippen LogP contribution in [0.5, 0.6) is 0 Å². The minimum atomic E-state index is -3.40. The average Bonchev–Trinajstić information content (AvgIpc) is 2.86. The maximum absolute atomic E-state index is 12.3. The van der Waals surface area contributed by atoms with Gasteiger partial charge in [0.2, 0.25) is 10.0 Å². The van der Waals surface area contributed by atoms with E-state index in [0.29, 0.717) is 30.7 Å². The molecule has 114 valence electrons. The second-order valence-electron chi connectivity index (χ2n) is 5.29. The standard InChI is InChI=1S/C13H22N2O3S2/c1-10(2)14-8-12-7-13(9-19-12)20(16,17)15-11-3-5-18-6-4-11/h7,9-11,14-15H,3-6,8H2,1-2H3. The van der Waals surface area contributed by atoms with Crippen molar-refractivity contribution in [2.45, 2.75) is 50.2 Å². The molecule has 7 heteroatoms. The van der Waals surface area contributed by atoms with Gasteiger partial charge in [0.1, 0.15) is 0 Å². The first kappa shape index (κ1) is 15.9. The SMILES string of the molecule is CC(C)NCc1cc(S(=O)(=O)NC2CCOCC2)cs1. The van der Waals surface area contributed by atoms with Crippen molar-refractivity contribution in [2.24, 2.45) is 0 Å². The Morgan fingerprint density at radius 3 is 2.75 bits per heavy atom. The van der Waals surface area contributed by atoms with Gasteiger partial charge < -0.3 is 10.1 Å². The third kappa shape index (κ3) is 4.53. The highest BCUT2D eigenvalue weighted by Gasteiger charge is 2.23. The Labute approximate surface area is 124 Å². The second kappa shape index (κ2) is 7.00. The molecule has 1 aliphatic heterocycles. The number of sulfonamides is 1. The quantitative estimate of drug-likeness (QED) is 0.838. The molecule has 1 aromatic rings. The zero-order valence-corrected chi connectivity index (χ0v) is 13.5. The molecule has 1 aromatic heterocycles. The van der Waals surface area contributed by atoms with Gasteiger partial charge in [0.15, 0.2) is 0 Å². The highest BCUT2D eigenvalue weighted by atomic mass is 32.2. The topological polar surface area (TPSA) is 67.4 Å². The van der Waals surface area contributed by atoms with E-state index in [2.05, 4.69) is 23.9 Å². The van der Waals surface area contributed by atoms with Crippen LogP contribution in [0.1, 0.15) is 31.6 Å². The molecule has 5 nitrogen and oxygen atoms in total. The van der Waals surface area contributed by atoms with Gasteiger partial charge in [-0.15, -0.1) is 11.3 Å². The minimum absolute atomic E-state index is 0.00844. The van der Waals surface area contributed by atoms with Gasteiger partial charge in [-0.3, -0.25) is 0 Å². The molecule has 2 N–H and O–H groups in total. The lowest BCUT2D eigenvalue weighted by Crippen LogP contribution is -2.38. The van der Waals surface area contributed by atoms with Crippen LogP contribution in [0.15, 0.2) is 16.3 Å². The summed E-state index contributed by atoms with van der Waals surface area (Å²) < 4.78 is 32.6. The van der Waals surface area contributed by atoms with E-state index in [1.807, 2.05) is 0 Å². The molecule has 0 aliphatic carbocycles. The van der Waals surface area contributed by atoms with Crippen LogP contribution in [-0.4, -0.2) is 33.7 Å². The Hall–Kier alpha value is -0.470. The Bertz CT molecular complexity index is 519. The first-order valence-corrected chi connectivity index (χ1v) is 9.24. The lowest BCUT2D eigenvalue weighted by atomic mass is 10.1. The first-order chi connectivity index (χ1) is 9.47. The van der Waals surface area contributed by atoms with E-state index >= 15 is 0 Å². The smallest absolute Gasteiger partial charge is 0.241 e. The molecule has 2 heterocycles. The monoisotopic (exact) mass is 318 g/mol. The molecule has 1 fully saturated rings. The van der Waals surface area contributed by atoms with Crippen LogP contribution < -0.4 is 10.0 Å². The lowest BCUT2D eigenvalue weighted by molar-refractivity contribution is 0.0832. The zero-order chi connectivity index (χ0) is 14.6. The van der Waals surface area contributed by atoms with Crippen LogP contribution in [-0.2, 0) is 21.3 Å². The predicted octanol–water partition coefficient (Wildman–Crippen LogP) is 1.70. The van der Waals surface area contributed by atoms with Crippen molar-refractivity contribution < 1.29 is 13.2 Å². The summed E-state index contributed by atoms with van der Waals surface area (Å²) in [6.07, 6.45) is 1.48. The van der Waals surface area contributed by atoms with Gasteiger partial charge in [0.05, 0.1) is 4.90 Å². The number of ether oxygens (including phenoxy) is 1. The molecule has 2 rings (SSSR count). The van der Waals surface area contributed by atoms with Gasteiger partial charge in [-0.1, -0.05) is 13.8 Å². The Balaban J connectivity index is 1.98. The van der Waals surface area contributed by atoms with Crippen LogP contribution in [0.3, 0.4) is 0 Å². The summed E-state index contributed by atoms with van der Waals surface area (Å²) in [5.41, 5.74) is 0.